The highest BCUT2D eigenvalue weighted by Gasteiger charge is 2.24. The Morgan fingerprint density at radius 1 is 1.00 bits per heavy atom. The zero-order valence-electron chi connectivity index (χ0n) is 16.3. The fourth-order valence-electron chi connectivity index (χ4n) is 4.43. The molecule has 2 aliphatic rings. The normalized spacial score (nSPS) is 20.6. The summed E-state index contributed by atoms with van der Waals surface area (Å²) in [4.78, 5) is 4.97. The molecule has 2 atom stereocenters. The molecule has 28 heavy (non-hydrogen) atoms. The number of allylic oxidation sites excluding steroid dienone is 5. The van der Waals surface area contributed by atoms with Gasteiger partial charge in [-0.2, -0.15) is 0 Å². The average Bonchev–Trinajstić information content (AvgIpc) is 2.74. The highest BCUT2D eigenvalue weighted by atomic mass is 14.9. The summed E-state index contributed by atoms with van der Waals surface area (Å²) in [5, 5.41) is 4.90. The van der Waals surface area contributed by atoms with Gasteiger partial charge in [-0.25, -0.2) is 0 Å². The summed E-state index contributed by atoms with van der Waals surface area (Å²) >= 11 is 0. The van der Waals surface area contributed by atoms with Crippen LogP contribution in [0.25, 0.3) is 27.6 Å². The van der Waals surface area contributed by atoms with E-state index in [0.29, 0.717) is 5.92 Å². The van der Waals surface area contributed by atoms with Gasteiger partial charge in [-0.3, -0.25) is 4.98 Å². The minimum atomic E-state index is 0.287. The Labute approximate surface area is 166 Å². The van der Waals surface area contributed by atoms with E-state index in [4.69, 9.17) is 4.98 Å². The van der Waals surface area contributed by atoms with Gasteiger partial charge >= 0.3 is 0 Å². The van der Waals surface area contributed by atoms with Crippen molar-refractivity contribution in [3.05, 3.63) is 90.2 Å². The molecule has 0 bridgehead atoms. The molecule has 2 nitrogen and oxygen atoms in total. The molecule has 1 aromatic heterocycles. The van der Waals surface area contributed by atoms with Crippen molar-refractivity contribution in [3.63, 3.8) is 0 Å². The summed E-state index contributed by atoms with van der Waals surface area (Å²) in [5.41, 5.74) is 8.47. The molecule has 1 aliphatic carbocycles. The Kier molecular flexibility index (Phi) is 4.12. The Balaban J connectivity index is 1.73. The van der Waals surface area contributed by atoms with Crippen molar-refractivity contribution in [3.8, 4) is 11.1 Å². The topological polar surface area (TPSA) is 24.9 Å². The summed E-state index contributed by atoms with van der Waals surface area (Å²) < 4.78 is 0. The van der Waals surface area contributed by atoms with Gasteiger partial charge in [-0.15, -0.1) is 0 Å². The van der Waals surface area contributed by atoms with Gasteiger partial charge in [0, 0.05) is 28.6 Å². The predicted molar refractivity (Wildman–Crippen MR) is 119 cm³/mol. The first-order valence-corrected chi connectivity index (χ1v) is 10.0. The Hall–Kier alpha value is -3.13. The molecule has 0 radical (unpaired) electrons. The fourth-order valence-corrected chi connectivity index (χ4v) is 4.43. The number of pyridine rings is 1. The van der Waals surface area contributed by atoms with Crippen LogP contribution in [-0.2, 0) is 0 Å². The van der Waals surface area contributed by atoms with Crippen LogP contribution in [-0.4, -0.2) is 11.0 Å². The van der Waals surface area contributed by atoms with Gasteiger partial charge in [-0.1, -0.05) is 72.8 Å². The minimum Gasteiger partial charge on any atom is -0.377 e. The molecule has 2 unspecified atom stereocenters. The van der Waals surface area contributed by atoms with E-state index in [2.05, 4.69) is 98.1 Å². The highest BCUT2D eigenvalue weighted by Crippen LogP contribution is 2.42. The number of fused-ring (bicyclic) bond motifs is 3. The molecular formula is C26H24N2. The first-order chi connectivity index (χ1) is 13.7. The molecule has 1 aliphatic heterocycles. The van der Waals surface area contributed by atoms with E-state index >= 15 is 0 Å². The second kappa shape index (κ2) is 6.79. The molecule has 2 heteroatoms. The maximum absolute atomic E-state index is 4.97. The lowest BCUT2D eigenvalue weighted by Crippen LogP contribution is -2.21. The van der Waals surface area contributed by atoms with Crippen LogP contribution in [0.4, 0.5) is 5.69 Å². The largest absolute Gasteiger partial charge is 0.377 e. The van der Waals surface area contributed by atoms with Crippen molar-refractivity contribution in [1.82, 2.24) is 4.98 Å². The minimum absolute atomic E-state index is 0.287. The van der Waals surface area contributed by atoms with Crippen LogP contribution in [0.5, 0.6) is 0 Å². The molecule has 2 aromatic carbocycles. The van der Waals surface area contributed by atoms with Crippen molar-refractivity contribution in [2.75, 3.05) is 5.32 Å². The van der Waals surface area contributed by atoms with E-state index in [9.17, 15) is 0 Å². The first kappa shape index (κ1) is 17.0. The number of hydrogen-bond acceptors (Lipinski definition) is 2. The third kappa shape index (κ3) is 2.86. The Morgan fingerprint density at radius 2 is 1.86 bits per heavy atom. The number of benzene rings is 2. The number of rotatable bonds is 2. The van der Waals surface area contributed by atoms with Crippen molar-refractivity contribution in [2.24, 2.45) is 5.92 Å². The zero-order valence-corrected chi connectivity index (χ0v) is 16.3. The molecule has 0 saturated heterocycles. The van der Waals surface area contributed by atoms with Gasteiger partial charge in [0.25, 0.3) is 0 Å². The summed E-state index contributed by atoms with van der Waals surface area (Å²) in [7, 11) is 0. The molecule has 0 amide bonds. The standard InChI is InChI=1S/C26H24N2/c1-17-15-23(19-9-5-3-6-10-19)21-13-14-22-24(20-11-7-4-8-12-20)16-18(2)28-26(22)25(21)27-17/h3-11,13-16,18,20,28H,12H2,1-2H3. The van der Waals surface area contributed by atoms with Crippen molar-refractivity contribution in [2.45, 2.75) is 26.3 Å². The number of aromatic nitrogens is 1. The first-order valence-electron chi connectivity index (χ1n) is 10.0. The Bertz CT molecular complexity index is 1140. The summed E-state index contributed by atoms with van der Waals surface area (Å²) in [6, 6.07) is 17.6. The smallest absolute Gasteiger partial charge is 0.0949 e. The molecule has 3 aromatic rings. The monoisotopic (exact) mass is 364 g/mol. The number of nitrogens with zero attached hydrogens (tertiary/aromatic N) is 1. The lowest BCUT2D eigenvalue weighted by Gasteiger charge is -2.29. The van der Waals surface area contributed by atoms with Gasteiger partial charge in [0.2, 0.25) is 0 Å². The van der Waals surface area contributed by atoms with Crippen LogP contribution in [0, 0.1) is 12.8 Å². The number of aryl methyl sites for hydroxylation is 1. The zero-order chi connectivity index (χ0) is 19.1. The lowest BCUT2D eigenvalue weighted by atomic mass is 9.83. The third-order valence-corrected chi connectivity index (χ3v) is 5.69. The van der Waals surface area contributed by atoms with Crippen LogP contribution in [0.3, 0.4) is 0 Å². The van der Waals surface area contributed by atoms with E-state index in [1.807, 2.05) is 0 Å². The van der Waals surface area contributed by atoms with E-state index in [1.165, 1.54) is 33.3 Å². The predicted octanol–water partition coefficient (Wildman–Crippen LogP) is 6.54. The highest BCUT2D eigenvalue weighted by molar-refractivity contribution is 6.05. The SMILES string of the molecule is Cc1cc(-c2ccccc2)c2ccc3c(c2n1)NC(C)C=C3C1C=CC=CC1. The third-order valence-electron chi connectivity index (χ3n) is 5.69. The fraction of sp³-hybridized carbons (Fsp3) is 0.192. The van der Waals surface area contributed by atoms with Crippen molar-refractivity contribution < 1.29 is 0 Å². The average molecular weight is 364 g/mol. The summed E-state index contributed by atoms with van der Waals surface area (Å²) in [6.45, 7) is 4.31. The van der Waals surface area contributed by atoms with E-state index in [0.717, 1.165) is 17.6 Å². The quantitative estimate of drug-likeness (QED) is 0.558. The number of anilines is 1. The second-order valence-electron chi connectivity index (χ2n) is 7.77. The number of hydrogen-bond donors (Lipinski definition) is 1. The van der Waals surface area contributed by atoms with Crippen LogP contribution in [0.15, 0.2) is 78.9 Å². The lowest BCUT2D eigenvalue weighted by molar-refractivity contribution is 0.827. The van der Waals surface area contributed by atoms with Crippen LogP contribution in [0.1, 0.15) is 24.6 Å². The van der Waals surface area contributed by atoms with E-state index in [-0.39, 0.29) is 6.04 Å². The van der Waals surface area contributed by atoms with Gasteiger partial charge in [0.05, 0.1) is 11.2 Å². The maximum atomic E-state index is 4.97. The van der Waals surface area contributed by atoms with Gasteiger partial charge in [0.1, 0.15) is 0 Å². The number of nitrogens with one attached hydrogen (secondary N) is 1. The second-order valence-corrected chi connectivity index (χ2v) is 7.77. The molecule has 1 N–H and O–H groups in total. The Morgan fingerprint density at radius 3 is 2.64 bits per heavy atom. The molecule has 0 fully saturated rings. The van der Waals surface area contributed by atoms with Gasteiger partial charge in [0.15, 0.2) is 0 Å². The molecular weight excluding hydrogens is 340 g/mol. The van der Waals surface area contributed by atoms with E-state index < -0.39 is 0 Å². The summed E-state index contributed by atoms with van der Waals surface area (Å²) in [6.07, 6.45) is 12.3. The van der Waals surface area contributed by atoms with Crippen molar-refractivity contribution in [1.29, 1.82) is 0 Å². The van der Waals surface area contributed by atoms with E-state index in [1.54, 1.807) is 0 Å². The van der Waals surface area contributed by atoms with Crippen LogP contribution >= 0.6 is 0 Å². The van der Waals surface area contributed by atoms with Gasteiger partial charge < -0.3 is 5.32 Å². The molecule has 0 saturated carbocycles. The molecule has 5 rings (SSSR count). The van der Waals surface area contributed by atoms with Crippen LogP contribution in [0.2, 0.25) is 0 Å². The molecule has 0 spiro atoms. The van der Waals surface area contributed by atoms with Gasteiger partial charge in [-0.05, 0) is 43.0 Å². The van der Waals surface area contributed by atoms with Crippen molar-refractivity contribution >= 4 is 22.2 Å². The molecule has 138 valence electrons. The maximum Gasteiger partial charge on any atom is 0.0949 e. The van der Waals surface area contributed by atoms with Crippen LogP contribution < -0.4 is 5.32 Å². The molecule has 2 heterocycles. The summed E-state index contributed by atoms with van der Waals surface area (Å²) in [5.74, 6) is 0.434.